The van der Waals surface area contributed by atoms with Crippen molar-refractivity contribution in [1.82, 2.24) is 0 Å². The van der Waals surface area contributed by atoms with Crippen molar-refractivity contribution in [1.29, 1.82) is 0 Å². The number of aliphatic imine (C=N–C) groups is 4. The Bertz CT molecular complexity index is 2290. The van der Waals surface area contributed by atoms with Crippen molar-refractivity contribution >= 4 is 45.1 Å². The lowest BCUT2D eigenvalue weighted by Crippen LogP contribution is -2.03. The van der Waals surface area contributed by atoms with E-state index in [-0.39, 0.29) is 23.0 Å². The molecule has 52 heavy (non-hydrogen) atoms. The summed E-state index contributed by atoms with van der Waals surface area (Å²) in [6.07, 6.45) is 15.4. The van der Waals surface area contributed by atoms with Gasteiger partial charge in [0.25, 0.3) is 0 Å². The molecule has 0 unspecified atom stereocenters. The molecule has 0 aliphatic carbocycles. The average Bonchev–Trinajstić information content (AvgIpc) is 3.96. The smallest absolute Gasteiger partial charge is 0.116 e. The Hall–Kier alpha value is -7.32. The normalized spacial score (nSPS) is 17.4. The fourth-order valence-corrected chi connectivity index (χ4v) is 6.92. The van der Waals surface area contributed by atoms with Gasteiger partial charge in [-0.2, -0.15) is 0 Å². The highest BCUT2D eigenvalue weighted by Gasteiger charge is 2.28. The Balaban J connectivity index is 1.38. The largest absolute Gasteiger partial charge is 0.508 e. The van der Waals surface area contributed by atoms with Crippen LogP contribution in [-0.2, 0) is 0 Å². The molecule has 0 aromatic heterocycles. The Morgan fingerprint density at radius 2 is 0.519 bits per heavy atom. The van der Waals surface area contributed by atoms with Crippen LogP contribution in [0.4, 0.5) is 0 Å². The summed E-state index contributed by atoms with van der Waals surface area (Å²) in [5.74, 6) is 0.428. The van der Waals surface area contributed by atoms with Gasteiger partial charge in [0.2, 0.25) is 0 Å². The summed E-state index contributed by atoms with van der Waals surface area (Å²) in [5, 5.41) is 42.2. The number of benzene rings is 4. The number of nitrogens with zero attached hydrogens (tertiary/aromatic N) is 4. The lowest BCUT2D eigenvalue weighted by atomic mass is 9.98. The van der Waals surface area contributed by atoms with Gasteiger partial charge in [0.15, 0.2) is 0 Å². The zero-order valence-electron chi connectivity index (χ0n) is 27.4. The first-order chi connectivity index (χ1) is 25.4. The van der Waals surface area contributed by atoms with Gasteiger partial charge in [-0.25, -0.2) is 20.0 Å². The Morgan fingerprint density at radius 3 is 0.731 bits per heavy atom. The summed E-state index contributed by atoms with van der Waals surface area (Å²) in [6.45, 7) is 0. The van der Waals surface area contributed by atoms with Gasteiger partial charge in [-0.15, -0.1) is 0 Å². The van der Waals surface area contributed by atoms with Crippen LogP contribution >= 0.6 is 0 Å². The second-order valence-corrected chi connectivity index (χ2v) is 12.6. The van der Waals surface area contributed by atoms with Crippen molar-refractivity contribution in [2.24, 2.45) is 20.0 Å². The lowest BCUT2D eigenvalue weighted by Gasteiger charge is -2.13. The molecule has 4 aromatic carbocycles. The third-order valence-electron chi connectivity index (χ3n) is 9.15. The van der Waals surface area contributed by atoms with Crippen LogP contribution in [0.3, 0.4) is 0 Å². The summed E-state index contributed by atoms with van der Waals surface area (Å²) >= 11 is 0. The number of phenols is 4. The second kappa shape index (κ2) is 12.2. The first-order valence-electron chi connectivity index (χ1n) is 16.6. The van der Waals surface area contributed by atoms with Crippen molar-refractivity contribution in [3.8, 4) is 23.0 Å². The highest BCUT2D eigenvalue weighted by Crippen LogP contribution is 2.39. The van der Waals surface area contributed by atoms with Gasteiger partial charge in [-0.05, 0) is 119 Å². The van der Waals surface area contributed by atoms with Crippen LogP contribution in [0.5, 0.6) is 23.0 Å². The van der Waals surface area contributed by atoms with Crippen LogP contribution < -0.4 is 0 Å². The van der Waals surface area contributed by atoms with E-state index in [1.165, 1.54) is 0 Å². The molecule has 0 saturated carbocycles. The fraction of sp³-hybridized carbons (Fsp3) is 0. The molecule has 5 aliphatic heterocycles. The summed E-state index contributed by atoms with van der Waals surface area (Å²) in [6, 6.07) is 28.0. The Kier molecular flexibility index (Phi) is 7.22. The van der Waals surface area contributed by atoms with E-state index in [0.29, 0.717) is 67.9 Å². The van der Waals surface area contributed by atoms with Crippen molar-refractivity contribution in [2.75, 3.05) is 0 Å². The van der Waals surface area contributed by atoms with Crippen LogP contribution in [0.15, 0.2) is 188 Å². The van der Waals surface area contributed by atoms with Gasteiger partial charge < -0.3 is 20.4 Å². The first-order valence-corrected chi connectivity index (χ1v) is 16.6. The summed E-state index contributed by atoms with van der Waals surface area (Å²) in [7, 11) is 0. The van der Waals surface area contributed by atoms with Crippen molar-refractivity contribution < 1.29 is 20.4 Å². The van der Waals surface area contributed by atoms with E-state index in [0.717, 1.165) is 22.3 Å². The third-order valence-corrected chi connectivity index (χ3v) is 9.15. The molecule has 0 atom stereocenters. The van der Waals surface area contributed by atoms with Crippen molar-refractivity contribution in [3.63, 3.8) is 0 Å². The van der Waals surface area contributed by atoms with Gasteiger partial charge >= 0.3 is 0 Å². The van der Waals surface area contributed by atoms with Crippen molar-refractivity contribution in [3.05, 3.63) is 191 Å². The number of fused-ring (bicyclic) bond motifs is 4. The maximum Gasteiger partial charge on any atom is 0.116 e. The molecular weight excluding hydrogens is 649 g/mol. The fourth-order valence-electron chi connectivity index (χ4n) is 6.92. The number of phenolic OH excluding ortho intramolecular Hbond substituents is 4. The van der Waals surface area contributed by atoms with Crippen molar-refractivity contribution in [2.45, 2.75) is 0 Å². The van der Waals surface area contributed by atoms with Crippen LogP contribution in [0.25, 0.3) is 22.3 Å². The minimum atomic E-state index is 0.107. The molecule has 0 fully saturated rings. The predicted octanol–water partition coefficient (Wildman–Crippen LogP) is 8.51. The quantitative estimate of drug-likeness (QED) is 0.173. The van der Waals surface area contributed by atoms with Gasteiger partial charge in [0.1, 0.15) is 23.0 Å². The highest BCUT2D eigenvalue weighted by atomic mass is 16.3. The lowest BCUT2D eigenvalue weighted by molar-refractivity contribution is 0.474. The Morgan fingerprint density at radius 1 is 0.288 bits per heavy atom. The van der Waals surface area contributed by atoms with Crippen LogP contribution in [-0.4, -0.2) is 43.3 Å². The first kappa shape index (κ1) is 30.7. The molecular formula is C44H28N4O4. The molecule has 4 N–H and O–H groups in total. The monoisotopic (exact) mass is 676 g/mol. The van der Waals surface area contributed by atoms with Gasteiger partial charge in [-0.1, -0.05) is 48.5 Å². The molecule has 8 heteroatoms. The molecule has 0 saturated heterocycles. The van der Waals surface area contributed by atoms with E-state index in [9.17, 15) is 20.4 Å². The molecule has 8 nitrogen and oxygen atoms in total. The molecule has 8 bridgehead atoms. The molecule has 5 heterocycles. The number of allylic oxidation sites excluding steroid dienone is 12. The minimum absolute atomic E-state index is 0.107. The van der Waals surface area contributed by atoms with Gasteiger partial charge in [-0.3, -0.25) is 0 Å². The minimum Gasteiger partial charge on any atom is -0.508 e. The molecule has 9 rings (SSSR count). The average molecular weight is 677 g/mol. The number of aromatic hydroxyl groups is 4. The molecule has 4 aromatic rings. The topological polar surface area (TPSA) is 130 Å². The SMILES string of the molecule is Oc1cccc(C2=C3C=CC(=N3)C(c3cccc(O)c3)=C3C=CC(=N3)C(c3cccc(O)c3)=C3C=CC(=N3)C(c3cccc(O)c3)=C3C=CC2=N3)c1. The predicted molar refractivity (Wildman–Crippen MR) is 206 cm³/mol. The van der Waals surface area contributed by atoms with Gasteiger partial charge in [0, 0.05) is 22.3 Å². The van der Waals surface area contributed by atoms with E-state index in [2.05, 4.69) is 0 Å². The number of hydrogen-bond acceptors (Lipinski definition) is 8. The maximum atomic E-state index is 10.6. The zero-order chi connectivity index (χ0) is 35.3. The summed E-state index contributed by atoms with van der Waals surface area (Å²) in [5.41, 5.74) is 10.7. The Labute approximate surface area is 298 Å². The van der Waals surface area contributed by atoms with E-state index >= 15 is 0 Å². The maximum absolute atomic E-state index is 10.6. The molecule has 0 radical (unpaired) electrons. The summed E-state index contributed by atoms with van der Waals surface area (Å²) < 4.78 is 0. The zero-order valence-corrected chi connectivity index (χ0v) is 27.4. The molecule has 0 amide bonds. The highest BCUT2D eigenvalue weighted by molar-refractivity contribution is 6.39. The van der Waals surface area contributed by atoms with E-state index in [1.54, 1.807) is 72.8 Å². The van der Waals surface area contributed by atoms with E-state index < -0.39 is 0 Å². The molecule has 0 spiro atoms. The number of rotatable bonds is 4. The second-order valence-electron chi connectivity index (χ2n) is 12.6. The standard InChI is InChI=1S/C44H28N4O4/c49-29-9-1-5-25(21-29)41-33-13-15-35(45-33)42(26-6-2-10-30(50)22-26)37-17-19-39(47-37)44(28-8-4-12-32(52)24-28)40-20-18-38(48-40)43(36-16-14-34(41)46-36)27-7-3-11-31(51)23-27/h1-24,49-52H. The van der Waals surface area contributed by atoms with Crippen LogP contribution in [0, 0.1) is 0 Å². The number of hydrogen-bond donors (Lipinski definition) is 4. The molecule has 5 aliphatic rings. The van der Waals surface area contributed by atoms with E-state index in [4.69, 9.17) is 20.0 Å². The van der Waals surface area contributed by atoms with E-state index in [1.807, 2.05) is 72.9 Å². The van der Waals surface area contributed by atoms with Gasteiger partial charge in [0.05, 0.1) is 45.6 Å². The van der Waals surface area contributed by atoms with Crippen LogP contribution in [0.1, 0.15) is 22.3 Å². The third kappa shape index (κ3) is 5.45. The molecule has 248 valence electrons. The van der Waals surface area contributed by atoms with Crippen LogP contribution in [0.2, 0.25) is 0 Å². The summed E-state index contributed by atoms with van der Waals surface area (Å²) in [4.78, 5) is 20.6.